The van der Waals surface area contributed by atoms with Crippen molar-refractivity contribution in [3.05, 3.63) is 0 Å². The molecule has 0 bridgehead atoms. The molecule has 2 nitrogen and oxygen atoms in total. The lowest BCUT2D eigenvalue weighted by Gasteiger charge is -2.34. The summed E-state index contributed by atoms with van der Waals surface area (Å²) in [7, 11) is 2.34. The molecule has 1 heterocycles. The third kappa shape index (κ3) is 3.74. The van der Waals surface area contributed by atoms with E-state index in [4.69, 9.17) is 0 Å². The van der Waals surface area contributed by atoms with E-state index in [2.05, 4.69) is 17.3 Å². The van der Waals surface area contributed by atoms with Crippen molar-refractivity contribution in [2.75, 3.05) is 26.7 Å². The normalized spacial score (nSPS) is 29.2. The van der Waals surface area contributed by atoms with Crippen molar-refractivity contribution in [3.8, 4) is 0 Å². The monoisotopic (exact) mass is 224 g/mol. The van der Waals surface area contributed by atoms with Crippen LogP contribution >= 0.6 is 0 Å². The van der Waals surface area contributed by atoms with E-state index in [1.54, 1.807) is 0 Å². The van der Waals surface area contributed by atoms with Gasteiger partial charge < -0.3 is 10.2 Å². The summed E-state index contributed by atoms with van der Waals surface area (Å²) < 4.78 is 0. The molecule has 2 aliphatic rings. The molecule has 1 unspecified atom stereocenters. The maximum atomic E-state index is 3.52. The minimum atomic E-state index is 0.803. The molecule has 0 aromatic carbocycles. The van der Waals surface area contributed by atoms with E-state index in [1.807, 2.05) is 0 Å². The van der Waals surface area contributed by atoms with Crippen LogP contribution in [0, 0.1) is 5.92 Å². The quantitative estimate of drug-likeness (QED) is 0.741. The maximum absolute atomic E-state index is 3.52. The largest absolute Gasteiger partial charge is 0.315 e. The lowest BCUT2D eigenvalue weighted by molar-refractivity contribution is 0.169. The molecule has 0 radical (unpaired) electrons. The average molecular weight is 224 g/mol. The highest BCUT2D eigenvalue weighted by Crippen LogP contribution is 2.24. The molecule has 0 aromatic rings. The minimum Gasteiger partial charge on any atom is -0.315 e. The molecule has 2 heteroatoms. The molecule has 0 amide bonds. The number of likely N-dealkylation sites (N-methyl/N-ethyl adjacent to an activating group) is 1. The van der Waals surface area contributed by atoms with E-state index >= 15 is 0 Å². The van der Waals surface area contributed by atoms with Gasteiger partial charge in [0, 0.05) is 19.1 Å². The second-order valence-corrected chi connectivity index (χ2v) is 5.80. The second kappa shape index (κ2) is 6.61. The number of nitrogens with zero attached hydrogens (tertiary/aromatic N) is 1. The topological polar surface area (TPSA) is 15.3 Å². The van der Waals surface area contributed by atoms with Gasteiger partial charge in [-0.25, -0.2) is 0 Å². The van der Waals surface area contributed by atoms with Crippen LogP contribution in [0.25, 0.3) is 0 Å². The fourth-order valence-electron chi connectivity index (χ4n) is 3.31. The van der Waals surface area contributed by atoms with E-state index in [0.717, 1.165) is 12.0 Å². The summed E-state index contributed by atoms with van der Waals surface area (Å²) in [5.74, 6) is 0.981. The van der Waals surface area contributed by atoms with Crippen LogP contribution < -0.4 is 5.32 Å². The molecule has 1 saturated heterocycles. The molecule has 1 atom stereocenters. The summed E-state index contributed by atoms with van der Waals surface area (Å²) in [5, 5.41) is 3.52. The van der Waals surface area contributed by atoms with Crippen LogP contribution in [-0.2, 0) is 0 Å². The fraction of sp³-hybridized carbons (Fsp3) is 1.00. The molecule has 2 fully saturated rings. The number of hydrogen-bond donors (Lipinski definition) is 1. The van der Waals surface area contributed by atoms with E-state index in [1.165, 1.54) is 71.0 Å². The summed E-state index contributed by atoms with van der Waals surface area (Å²) in [6, 6.07) is 0.803. The Morgan fingerprint density at radius 1 is 1.00 bits per heavy atom. The third-order valence-electron chi connectivity index (χ3n) is 4.42. The predicted molar refractivity (Wildman–Crippen MR) is 69.7 cm³/mol. The van der Waals surface area contributed by atoms with Gasteiger partial charge in [0.1, 0.15) is 0 Å². The molecule has 0 spiro atoms. The molecule has 1 N–H and O–H groups in total. The van der Waals surface area contributed by atoms with Gasteiger partial charge in [0.05, 0.1) is 0 Å². The predicted octanol–water partition coefficient (Wildman–Crippen LogP) is 2.64. The lowest BCUT2D eigenvalue weighted by atomic mass is 9.98. The molecule has 1 aliphatic heterocycles. The van der Waals surface area contributed by atoms with Gasteiger partial charge in [-0.2, -0.15) is 0 Å². The second-order valence-electron chi connectivity index (χ2n) is 5.80. The molecule has 94 valence electrons. The van der Waals surface area contributed by atoms with Crippen molar-refractivity contribution in [1.29, 1.82) is 0 Å². The summed E-state index contributed by atoms with van der Waals surface area (Å²) in [6.07, 6.45) is 11.6. The Morgan fingerprint density at radius 3 is 2.38 bits per heavy atom. The van der Waals surface area contributed by atoms with Gasteiger partial charge in [-0.3, -0.25) is 0 Å². The van der Waals surface area contributed by atoms with Crippen molar-refractivity contribution in [2.24, 2.45) is 5.92 Å². The standard InChI is InChI=1S/C14H28N2/c1-16(14-9-6-10-15-11-14)12-13-7-4-2-3-5-8-13/h13-15H,2-12H2,1H3. The first-order valence-corrected chi connectivity index (χ1v) is 7.27. The lowest BCUT2D eigenvalue weighted by Crippen LogP contribution is -2.45. The van der Waals surface area contributed by atoms with Crippen LogP contribution in [0.4, 0.5) is 0 Å². The summed E-state index contributed by atoms with van der Waals surface area (Å²) in [6.45, 7) is 3.78. The van der Waals surface area contributed by atoms with Crippen molar-refractivity contribution in [3.63, 3.8) is 0 Å². The fourth-order valence-corrected chi connectivity index (χ4v) is 3.31. The van der Waals surface area contributed by atoms with Crippen molar-refractivity contribution < 1.29 is 0 Å². The first-order valence-electron chi connectivity index (χ1n) is 7.27. The highest BCUT2D eigenvalue weighted by molar-refractivity contribution is 4.78. The van der Waals surface area contributed by atoms with E-state index in [0.29, 0.717) is 0 Å². The Kier molecular flexibility index (Phi) is 5.11. The maximum Gasteiger partial charge on any atom is 0.0218 e. The van der Waals surface area contributed by atoms with Gasteiger partial charge in [0.2, 0.25) is 0 Å². The number of hydrogen-bond acceptors (Lipinski definition) is 2. The molecule has 1 saturated carbocycles. The van der Waals surface area contributed by atoms with Gasteiger partial charge in [0.15, 0.2) is 0 Å². The highest BCUT2D eigenvalue weighted by atomic mass is 15.2. The van der Waals surface area contributed by atoms with Gasteiger partial charge >= 0.3 is 0 Å². The third-order valence-corrected chi connectivity index (χ3v) is 4.42. The Hall–Kier alpha value is -0.0800. The van der Waals surface area contributed by atoms with Crippen molar-refractivity contribution in [1.82, 2.24) is 10.2 Å². The Balaban J connectivity index is 1.73. The van der Waals surface area contributed by atoms with Crippen molar-refractivity contribution in [2.45, 2.75) is 57.4 Å². The van der Waals surface area contributed by atoms with Crippen LogP contribution in [0.1, 0.15) is 51.4 Å². The molecule has 16 heavy (non-hydrogen) atoms. The van der Waals surface area contributed by atoms with E-state index < -0.39 is 0 Å². The van der Waals surface area contributed by atoms with E-state index in [-0.39, 0.29) is 0 Å². The molecule has 0 aromatic heterocycles. The zero-order valence-electron chi connectivity index (χ0n) is 10.9. The average Bonchev–Trinajstić information content (AvgIpc) is 2.59. The number of rotatable bonds is 3. The Labute approximate surface area is 101 Å². The van der Waals surface area contributed by atoms with Gasteiger partial charge in [-0.15, -0.1) is 0 Å². The zero-order valence-corrected chi connectivity index (χ0v) is 10.9. The Morgan fingerprint density at radius 2 is 1.75 bits per heavy atom. The SMILES string of the molecule is CN(CC1CCCCCC1)C1CCCNC1. The highest BCUT2D eigenvalue weighted by Gasteiger charge is 2.21. The molecular weight excluding hydrogens is 196 g/mol. The minimum absolute atomic E-state index is 0.803. The first kappa shape index (κ1) is 12.4. The molecular formula is C14H28N2. The Bertz CT molecular complexity index is 179. The molecule has 1 aliphatic carbocycles. The number of nitrogens with one attached hydrogen (secondary N) is 1. The van der Waals surface area contributed by atoms with Gasteiger partial charge in [-0.05, 0) is 45.2 Å². The van der Waals surface area contributed by atoms with Gasteiger partial charge in [-0.1, -0.05) is 25.7 Å². The number of piperidine rings is 1. The van der Waals surface area contributed by atoms with Crippen LogP contribution in [0.3, 0.4) is 0 Å². The van der Waals surface area contributed by atoms with Crippen LogP contribution in [0.2, 0.25) is 0 Å². The van der Waals surface area contributed by atoms with Gasteiger partial charge in [0.25, 0.3) is 0 Å². The van der Waals surface area contributed by atoms with Crippen LogP contribution in [0.15, 0.2) is 0 Å². The smallest absolute Gasteiger partial charge is 0.0218 e. The first-order chi connectivity index (χ1) is 7.86. The van der Waals surface area contributed by atoms with Crippen molar-refractivity contribution >= 4 is 0 Å². The zero-order chi connectivity index (χ0) is 11.2. The van der Waals surface area contributed by atoms with Crippen LogP contribution in [-0.4, -0.2) is 37.6 Å². The van der Waals surface area contributed by atoms with E-state index in [9.17, 15) is 0 Å². The summed E-state index contributed by atoms with van der Waals surface area (Å²) >= 11 is 0. The van der Waals surface area contributed by atoms with Crippen LogP contribution in [0.5, 0.6) is 0 Å². The summed E-state index contributed by atoms with van der Waals surface area (Å²) in [4.78, 5) is 2.63. The molecule has 2 rings (SSSR count). The summed E-state index contributed by atoms with van der Waals surface area (Å²) in [5.41, 5.74) is 0.